The molecule has 1 aliphatic rings. The summed E-state index contributed by atoms with van der Waals surface area (Å²) in [5.41, 5.74) is 1.73. The Morgan fingerprint density at radius 2 is 1.77 bits per heavy atom. The van der Waals surface area contributed by atoms with Crippen LogP contribution in [-0.2, 0) is 9.59 Å². The number of rotatable bonds is 9. The number of thiazole rings is 1. The second kappa shape index (κ2) is 12.0. The van der Waals surface area contributed by atoms with E-state index in [0.29, 0.717) is 29.5 Å². The van der Waals surface area contributed by atoms with Crippen LogP contribution in [0.3, 0.4) is 0 Å². The number of benzene rings is 2. The van der Waals surface area contributed by atoms with E-state index in [0.717, 1.165) is 28.2 Å². The number of hydrogen-bond donors (Lipinski definition) is 0. The fraction of sp³-hybridized carbons (Fsp3) is 0.360. The third-order valence-corrected chi connectivity index (χ3v) is 7.76. The molecule has 1 fully saturated rings. The number of carbonyl (C=O) groups is 3. The molecule has 0 N–H and O–H groups in total. The first-order valence-corrected chi connectivity index (χ1v) is 13.4. The van der Waals surface area contributed by atoms with Gasteiger partial charge in [-0.3, -0.25) is 24.2 Å². The molecule has 3 amide bonds. The summed E-state index contributed by atoms with van der Waals surface area (Å²) < 4.78 is 1.03. The van der Waals surface area contributed by atoms with Crippen LogP contribution in [0.1, 0.15) is 37.0 Å². The molecule has 0 bridgehead atoms. The lowest BCUT2D eigenvalue weighted by atomic mass is 10.1. The van der Waals surface area contributed by atoms with Gasteiger partial charge in [0.05, 0.1) is 15.9 Å². The number of fused-ring (bicyclic) bond motifs is 1. The Labute approximate surface area is 219 Å². The maximum atomic E-state index is 13.7. The van der Waals surface area contributed by atoms with E-state index in [1.54, 1.807) is 40.9 Å². The molecule has 186 valence electrons. The molecule has 0 aliphatic carbocycles. The van der Waals surface area contributed by atoms with Crippen molar-refractivity contribution in [3.63, 3.8) is 0 Å². The number of nitrogens with zero attached hydrogens (tertiary/aromatic N) is 4. The second-order valence-corrected chi connectivity index (χ2v) is 9.88. The molecule has 2 heterocycles. The molecular weight excluding hydrogens is 504 g/mol. The number of imide groups is 1. The molecule has 1 aliphatic heterocycles. The fourth-order valence-electron chi connectivity index (χ4n) is 4.00. The maximum Gasteiger partial charge on any atom is 0.260 e. The molecule has 1 saturated heterocycles. The van der Waals surface area contributed by atoms with Crippen molar-refractivity contribution in [3.05, 3.63) is 48.0 Å². The van der Waals surface area contributed by atoms with Crippen molar-refractivity contribution in [2.75, 3.05) is 42.2 Å². The van der Waals surface area contributed by atoms with Crippen LogP contribution in [0.4, 0.5) is 10.8 Å². The van der Waals surface area contributed by atoms with Gasteiger partial charge in [-0.15, -0.1) is 24.2 Å². The minimum atomic E-state index is -0.233. The van der Waals surface area contributed by atoms with Crippen molar-refractivity contribution in [1.29, 1.82) is 0 Å². The molecule has 2 aromatic carbocycles. The van der Waals surface area contributed by atoms with E-state index < -0.39 is 0 Å². The van der Waals surface area contributed by atoms with Gasteiger partial charge in [0, 0.05) is 36.4 Å². The highest BCUT2D eigenvalue weighted by molar-refractivity contribution is 7.98. The van der Waals surface area contributed by atoms with Gasteiger partial charge in [-0.2, -0.15) is 0 Å². The molecule has 0 spiro atoms. The summed E-state index contributed by atoms with van der Waals surface area (Å²) in [6.45, 7) is 7.19. The number of halogens is 1. The smallest absolute Gasteiger partial charge is 0.260 e. The van der Waals surface area contributed by atoms with Gasteiger partial charge in [-0.25, -0.2) is 4.98 Å². The predicted molar refractivity (Wildman–Crippen MR) is 146 cm³/mol. The summed E-state index contributed by atoms with van der Waals surface area (Å²) in [6.07, 6.45) is 2.44. The summed E-state index contributed by atoms with van der Waals surface area (Å²) in [7, 11) is 0. The van der Waals surface area contributed by atoms with Gasteiger partial charge in [0.1, 0.15) is 0 Å². The highest BCUT2D eigenvalue weighted by Gasteiger charge is 2.31. The molecule has 0 unspecified atom stereocenters. The SMILES string of the molecule is CCN(CC)CCN(C(=O)c1cccc(N2C(=O)CCC2=O)c1)c1nc2ccc(SC)cc2s1.Cl. The average Bonchev–Trinajstić information content (AvgIpc) is 3.43. The van der Waals surface area contributed by atoms with Crippen molar-refractivity contribution in [3.8, 4) is 0 Å². The first-order chi connectivity index (χ1) is 16.4. The molecule has 3 aromatic rings. The normalized spacial score (nSPS) is 13.5. The minimum Gasteiger partial charge on any atom is -0.302 e. The Bertz CT molecular complexity index is 1210. The third-order valence-electron chi connectivity index (χ3n) is 6.00. The summed E-state index contributed by atoms with van der Waals surface area (Å²) in [6, 6.07) is 12.9. The van der Waals surface area contributed by atoms with Crippen LogP contribution in [0.15, 0.2) is 47.4 Å². The summed E-state index contributed by atoms with van der Waals surface area (Å²) in [5.74, 6) is -0.662. The first-order valence-electron chi connectivity index (χ1n) is 11.4. The summed E-state index contributed by atoms with van der Waals surface area (Å²) in [4.78, 5) is 49.2. The van der Waals surface area contributed by atoms with Crippen LogP contribution < -0.4 is 9.80 Å². The predicted octanol–water partition coefficient (Wildman–Crippen LogP) is 5.08. The standard InChI is InChI=1S/C25H28N4O3S2.ClH/c1-4-27(5-2)13-14-28(25-26-20-10-9-19(33-3)16-21(20)34-25)24(32)17-7-6-8-18(15-17)29-22(30)11-12-23(29)31;/h6-10,15-16H,4-5,11-14H2,1-3H3;1H. The summed E-state index contributed by atoms with van der Waals surface area (Å²) in [5, 5.41) is 0.643. The zero-order chi connectivity index (χ0) is 24.2. The number of carbonyl (C=O) groups excluding carboxylic acids is 3. The van der Waals surface area contributed by atoms with Crippen molar-refractivity contribution in [2.24, 2.45) is 0 Å². The van der Waals surface area contributed by atoms with Crippen molar-refractivity contribution in [2.45, 2.75) is 31.6 Å². The molecule has 7 nitrogen and oxygen atoms in total. The minimum absolute atomic E-state index is 0. The van der Waals surface area contributed by atoms with E-state index in [2.05, 4.69) is 24.8 Å². The van der Waals surface area contributed by atoms with Crippen LogP contribution in [-0.4, -0.2) is 60.0 Å². The van der Waals surface area contributed by atoms with E-state index in [4.69, 9.17) is 4.98 Å². The molecule has 0 saturated carbocycles. The molecule has 4 rings (SSSR count). The van der Waals surface area contributed by atoms with Crippen LogP contribution in [0.2, 0.25) is 0 Å². The Hall–Kier alpha value is -2.46. The van der Waals surface area contributed by atoms with E-state index in [-0.39, 0.29) is 43.0 Å². The van der Waals surface area contributed by atoms with Gasteiger partial charge < -0.3 is 4.90 Å². The molecular formula is C25H29ClN4O3S2. The Balaban J connectivity index is 0.00000342. The monoisotopic (exact) mass is 532 g/mol. The van der Waals surface area contributed by atoms with Gasteiger partial charge in [0.25, 0.3) is 5.91 Å². The van der Waals surface area contributed by atoms with Gasteiger partial charge in [-0.1, -0.05) is 31.3 Å². The molecule has 35 heavy (non-hydrogen) atoms. The number of aromatic nitrogens is 1. The fourth-order valence-corrected chi connectivity index (χ4v) is 5.54. The van der Waals surface area contributed by atoms with E-state index in [9.17, 15) is 14.4 Å². The zero-order valence-corrected chi connectivity index (χ0v) is 22.5. The molecule has 1 aromatic heterocycles. The lowest BCUT2D eigenvalue weighted by Crippen LogP contribution is -2.39. The van der Waals surface area contributed by atoms with E-state index in [1.165, 1.54) is 16.2 Å². The Kier molecular flexibility index (Phi) is 9.29. The number of hydrogen-bond acceptors (Lipinski definition) is 7. The Morgan fingerprint density at radius 3 is 2.43 bits per heavy atom. The topological polar surface area (TPSA) is 73.8 Å². The van der Waals surface area contributed by atoms with Crippen LogP contribution in [0.25, 0.3) is 10.2 Å². The molecule has 0 radical (unpaired) electrons. The largest absolute Gasteiger partial charge is 0.302 e. The van der Waals surface area contributed by atoms with Crippen molar-refractivity contribution >= 4 is 74.3 Å². The lowest BCUT2D eigenvalue weighted by Gasteiger charge is -2.25. The van der Waals surface area contributed by atoms with E-state index >= 15 is 0 Å². The first kappa shape index (κ1) is 27.1. The van der Waals surface area contributed by atoms with Crippen molar-refractivity contribution < 1.29 is 14.4 Å². The zero-order valence-electron chi connectivity index (χ0n) is 20.0. The van der Waals surface area contributed by atoms with Gasteiger partial charge >= 0.3 is 0 Å². The van der Waals surface area contributed by atoms with Gasteiger partial charge in [-0.05, 0) is 55.7 Å². The van der Waals surface area contributed by atoms with Crippen LogP contribution >= 0.6 is 35.5 Å². The van der Waals surface area contributed by atoms with Crippen molar-refractivity contribution in [1.82, 2.24) is 9.88 Å². The third kappa shape index (κ3) is 5.86. The number of anilines is 2. The highest BCUT2D eigenvalue weighted by atomic mass is 35.5. The Morgan fingerprint density at radius 1 is 1.06 bits per heavy atom. The van der Waals surface area contributed by atoms with Gasteiger partial charge in [0.15, 0.2) is 5.13 Å². The maximum absolute atomic E-state index is 13.7. The second-order valence-electron chi connectivity index (χ2n) is 7.99. The number of likely N-dealkylation sites (N-methyl/N-ethyl adjacent to an activating group) is 1. The molecule has 10 heteroatoms. The number of thioether (sulfide) groups is 1. The van der Waals surface area contributed by atoms with Crippen LogP contribution in [0.5, 0.6) is 0 Å². The average molecular weight is 533 g/mol. The number of amides is 3. The quantitative estimate of drug-likeness (QED) is 0.282. The lowest BCUT2D eigenvalue weighted by molar-refractivity contribution is -0.121. The molecule has 0 atom stereocenters. The van der Waals surface area contributed by atoms with Crippen LogP contribution in [0, 0.1) is 0 Å². The highest BCUT2D eigenvalue weighted by Crippen LogP contribution is 2.33. The summed E-state index contributed by atoms with van der Waals surface area (Å²) >= 11 is 3.17. The van der Waals surface area contributed by atoms with Gasteiger partial charge in [0.2, 0.25) is 11.8 Å². The van der Waals surface area contributed by atoms with E-state index in [1.807, 2.05) is 18.4 Å².